The van der Waals surface area contributed by atoms with E-state index in [4.69, 9.17) is 0 Å². The second kappa shape index (κ2) is 8.27. The molecule has 0 radical (unpaired) electrons. The average Bonchev–Trinajstić information content (AvgIpc) is 2.53. The van der Waals surface area contributed by atoms with Crippen molar-refractivity contribution in [3.8, 4) is 5.75 Å². The molecule has 0 saturated heterocycles. The number of benzene rings is 2. The molecule has 0 aliphatic rings. The normalized spacial score (nSPS) is 12.0. The number of amides is 1. The Kier molecular flexibility index (Phi) is 6.09. The van der Waals surface area contributed by atoms with E-state index in [1.54, 1.807) is 12.1 Å². The summed E-state index contributed by atoms with van der Waals surface area (Å²) in [6, 6.07) is 15.8. The number of nitrogens with one attached hydrogen (secondary N) is 1. The second-order valence-corrected chi connectivity index (χ2v) is 5.23. The van der Waals surface area contributed by atoms with Gasteiger partial charge in [0, 0.05) is 6.42 Å². The Hall–Kier alpha value is -2.43. The molecule has 2 aromatic rings. The van der Waals surface area contributed by atoms with Crippen molar-refractivity contribution in [3.63, 3.8) is 0 Å². The molecule has 0 aliphatic carbocycles. The highest BCUT2D eigenvalue weighted by atomic mass is 19.3. The fourth-order valence-corrected chi connectivity index (χ4v) is 2.26. The largest absolute Gasteiger partial charge is 0.435 e. The number of carbonyl (C=O) groups excluding carboxylic acids is 1. The summed E-state index contributed by atoms with van der Waals surface area (Å²) in [5.74, 6) is 0.00409. The zero-order valence-electron chi connectivity index (χ0n) is 12.8. The number of rotatable bonds is 7. The highest BCUT2D eigenvalue weighted by Crippen LogP contribution is 2.20. The third kappa shape index (κ3) is 5.70. The molecule has 5 heteroatoms. The molecule has 0 spiro atoms. The lowest BCUT2D eigenvalue weighted by Crippen LogP contribution is -2.26. The summed E-state index contributed by atoms with van der Waals surface area (Å²) >= 11 is 0. The van der Waals surface area contributed by atoms with Crippen LogP contribution in [0.3, 0.4) is 0 Å². The molecule has 3 nitrogen and oxygen atoms in total. The van der Waals surface area contributed by atoms with Crippen LogP contribution in [0.15, 0.2) is 54.6 Å². The SMILES string of the molecule is C[C@@H](NC(=O)CCc1ccccc1)c1cccc(OC(F)F)c1. The molecule has 122 valence electrons. The van der Waals surface area contributed by atoms with Crippen LogP contribution in [-0.2, 0) is 11.2 Å². The van der Waals surface area contributed by atoms with Crippen molar-refractivity contribution < 1.29 is 18.3 Å². The van der Waals surface area contributed by atoms with Crippen LogP contribution in [0.4, 0.5) is 8.78 Å². The maximum absolute atomic E-state index is 12.2. The van der Waals surface area contributed by atoms with E-state index in [0.717, 1.165) is 11.1 Å². The Balaban J connectivity index is 1.88. The van der Waals surface area contributed by atoms with Gasteiger partial charge in [-0.05, 0) is 36.6 Å². The van der Waals surface area contributed by atoms with Crippen LogP contribution >= 0.6 is 0 Å². The molecular formula is C18H19F2NO2. The Labute approximate surface area is 134 Å². The number of carbonyl (C=O) groups is 1. The summed E-state index contributed by atoms with van der Waals surface area (Å²) in [6.07, 6.45) is 1.04. The van der Waals surface area contributed by atoms with Crippen molar-refractivity contribution in [1.29, 1.82) is 0 Å². The molecule has 1 amide bonds. The number of hydrogen-bond donors (Lipinski definition) is 1. The molecule has 0 fully saturated rings. The Morgan fingerprint density at radius 2 is 1.87 bits per heavy atom. The summed E-state index contributed by atoms with van der Waals surface area (Å²) in [7, 11) is 0. The summed E-state index contributed by atoms with van der Waals surface area (Å²) in [5, 5.41) is 2.86. The molecule has 0 saturated carbocycles. The van der Waals surface area contributed by atoms with Crippen LogP contribution in [0.25, 0.3) is 0 Å². The first-order valence-electron chi connectivity index (χ1n) is 7.42. The zero-order valence-corrected chi connectivity index (χ0v) is 12.8. The van der Waals surface area contributed by atoms with Gasteiger partial charge in [0.1, 0.15) is 5.75 Å². The van der Waals surface area contributed by atoms with Crippen molar-refractivity contribution >= 4 is 5.91 Å². The maximum Gasteiger partial charge on any atom is 0.387 e. The lowest BCUT2D eigenvalue weighted by molar-refractivity contribution is -0.121. The van der Waals surface area contributed by atoms with Gasteiger partial charge < -0.3 is 10.1 Å². The van der Waals surface area contributed by atoms with E-state index in [1.165, 1.54) is 12.1 Å². The molecule has 0 aromatic heterocycles. The van der Waals surface area contributed by atoms with Crippen molar-refractivity contribution in [2.45, 2.75) is 32.4 Å². The Morgan fingerprint density at radius 3 is 2.57 bits per heavy atom. The van der Waals surface area contributed by atoms with Crippen LogP contribution in [-0.4, -0.2) is 12.5 Å². The van der Waals surface area contributed by atoms with Gasteiger partial charge in [-0.25, -0.2) is 0 Å². The van der Waals surface area contributed by atoms with Gasteiger partial charge in [0.2, 0.25) is 5.91 Å². The summed E-state index contributed by atoms with van der Waals surface area (Å²) in [6.45, 7) is -1.05. The van der Waals surface area contributed by atoms with Crippen LogP contribution in [0.2, 0.25) is 0 Å². The highest BCUT2D eigenvalue weighted by Gasteiger charge is 2.11. The summed E-state index contributed by atoms with van der Waals surface area (Å²) < 4.78 is 28.8. The fraction of sp³-hybridized carbons (Fsp3) is 0.278. The molecule has 0 unspecified atom stereocenters. The molecule has 2 rings (SSSR count). The van der Waals surface area contributed by atoms with E-state index in [1.807, 2.05) is 37.3 Å². The van der Waals surface area contributed by atoms with Crippen molar-refractivity contribution in [2.24, 2.45) is 0 Å². The van der Waals surface area contributed by atoms with Crippen LogP contribution in [0.5, 0.6) is 5.75 Å². The number of ether oxygens (including phenoxy) is 1. The number of hydrogen-bond acceptors (Lipinski definition) is 2. The second-order valence-electron chi connectivity index (χ2n) is 5.23. The first-order valence-corrected chi connectivity index (χ1v) is 7.42. The summed E-state index contributed by atoms with van der Waals surface area (Å²) in [5.41, 5.74) is 1.82. The van der Waals surface area contributed by atoms with Gasteiger partial charge in [0.25, 0.3) is 0 Å². The minimum atomic E-state index is -2.86. The van der Waals surface area contributed by atoms with E-state index in [0.29, 0.717) is 12.8 Å². The lowest BCUT2D eigenvalue weighted by atomic mass is 10.1. The van der Waals surface area contributed by atoms with Crippen molar-refractivity contribution in [1.82, 2.24) is 5.32 Å². The van der Waals surface area contributed by atoms with Gasteiger partial charge in [-0.1, -0.05) is 42.5 Å². The molecule has 0 bridgehead atoms. The predicted octanol–water partition coefficient (Wildman–Crippen LogP) is 4.10. The van der Waals surface area contributed by atoms with E-state index < -0.39 is 6.61 Å². The van der Waals surface area contributed by atoms with Gasteiger partial charge >= 0.3 is 6.61 Å². The van der Waals surface area contributed by atoms with E-state index in [-0.39, 0.29) is 17.7 Å². The third-order valence-corrected chi connectivity index (χ3v) is 3.44. The lowest BCUT2D eigenvalue weighted by Gasteiger charge is -2.15. The zero-order chi connectivity index (χ0) is 16.7. The smallest absolute Gasteiger partial charge is 0.387 e. The van der Waals surface area contributed by atoms with Crippen LogP contribution in [0, 0.1) is 0 Å². The Bertz CT molecular complexity index is 632. The van der Waals surface area contributed by atoms with Gasteiger partial charge in [-0.2, -0.15) is 8.78 Å². The maximum atomic E-state index is 12.2. The molecular weight excluding hydrogens is 300 g/mol. The van der Waals surface area contributed by atoms with Crippen molar-refractivity contribution in [2.75, 3.05) is 0 Å². The van der Waals surface area contributed by atoms with Gasteiger partial charge in [-0.15, -0.1) is 0 Å². The van der Waals surface area contributed by atoms with Crippen LogP contribution < -0.4 is 10.1 Å². The summed E-state index contributed by atoms with van der Waals surface area (Å²) in [4.78, 5) is 12.0. The molecule has 1 atom stereocenters. The minimum Gasteiger partial charge on any atom is -0.435 e. The fourth-order valence-electron chi connectivity index (χ4n) is 2.26. The van der Waals surface area contributed by atoms with Crippen molar-refractivity contribution in [3.05, 3.63) is 65.7 Å². The molecule has 0 aliphatic heterocycles. The molecule has 2 aromatic carbocycles. The average molecular weight is 319 g/mol. The Morgan fingerprint density at radius 1 is 1.13 bits per heavy atom. The third-order valence-electron chi connectivity index (χ3n) is 3.44. The first kappa shape index (κ1) is 16.9. The van der Waals surface area contributed by atoms with Crippen LogP contribution in [0.1, 0.15) is 30.5 Å². The molecule has 1 N–H and O–H groups in total. The quantitative estimate of drug-likeness (QED) is 0.834. The minimum absolute atomic E-state index is 0.0819. The van der Waals surface area contributed by atoms with E-state index in [9.17, 15) is 13.6 Å². The number of alkyl halides is 2. The topological polar surface area (TPSA) is 38.3 Å². The monoisotopic (exact) mass is 319 g/mol. The number of halogens is 2. The van der Waals surface area contributed by atoms with Gasteiger partial charge in [0.05, 0.1) is 6.04 Å². The highest BCUT2D eigenvalue weighted by molar-refractivity contribution is 5.76. The molecule has 0 heterocycles. The first-order chi connectivity index (χ1) is 11.0. The van der Waals surface area contributed by atoms with Gasteiger partial charge in [0.15, 0.2) is 0 Å². The standard InChI is InChI=1S/C18H19F2NO2/c1-13(15-8-5-9-16(12-15)23-18(19)20)21-17(22)11-10-14-6-3-2-4-7-14/h2-9,12-13,18H,10-11H2,1H3,(H,21,22)/t13-/m1/s1. The predicted molar refractivity (Wildman–Crippen MR) is 84.4 cm³/mol. The van der Waals surface area contributed by atoms with E-state index in [2.05, 4.69) is 10.1 Å². The number of aryl methyl sites for hydroxylation is 1. The molecule has 23 heavy (non-hydrogen) atoms. The van der Waals surface area contributed by atoms with Gasteiger partial charge in [-0.3, -0.25) is 4.79 Å². The van der Waals surface area contributed by atoms with E-state index >= 15 is 0 Å².